The molecule has 0 aromatic rings. The van der Waals surface area contributed by atoms with Gasteiger partial charge in [-0.05, 0) is 83.5 Å². The van der Waals surface area contributed by atoms with Gasteiger partial charge in [0, 0.05) is 19.3 Å². The number of hydrogen-bond acceptors (Lipinski definition) is 6. The summed E-state index contributed by atoms with van der Waals surface area (Å²) in [6.07, 6.45) is 73.0. The Kier molecular flexibility index (Phi) is 51.9. The van der Waals surface area contributed by atoms with E-state index in [1.54, 1.807) is 0 Å². The van der Waals surface area contributed by atoms with Crippen molar-refractivity contribution in [2.75, 3.05) is 13.2 Å². The highest BCUT2D eigenvalue weighted by Crippen LogP contribution is 2.14. The molecule has 0 radical (unpaired) electrons. The van der Waals surface area contributed by atoms with Gasteiger partial charge in [-0.25, -0.2) is 0 Å². The van der Waals surface area contributed by atoms with Crippen LogP contribution in [0.3, 0.4) is 0 Å². The molecule has 0 fully saturated rings. The summed E-state index contributed by atoms with van der Waals surface area (Å²) in [7, 11) is 0. The van der Waals surface area contributed by atoms with Crippen LogP contribution in [-0.4, -0.2) is 37.2 Å². The van der Waals surface area contributed by atoms with Gasteiger partial charge in [0.15, 0.2) is 6.10 Å². The van der Waals surface area contributed by atoms with E-state index in [1.165, 1.54) is 96.3 Å². The second-order valence-electron chi connectivity index (χ2n) is 18.1. The second kappa shape index (κ2) is 54.9. The fourth-order valence-electron chi connectivity index (χ4n) is 7.46. The van der Waals surface area contributed by atoms with Crippen molar-refractivity contribution in [2.45, 2.75) is 258 Å². The normalized spacial score (nSPS) is 12.8. The zero-order valence-corrected chi connectivity index (χ0v) is 43.6. The molecular formula is C61H102O6. The Hall–Kier alpha value is -3.67. The summed E-state index contributed by atoms with van der Waals surface area (Å²) in [6.45, 7) is 6.44. The van der Waals surface area contributed by atoms with Crippen LogP contribution in [0.2, 0.25) is 0 Å². The van der Waals surface area contributed by atoms with Crippen LogP contribution in [0.1, 0.15) is 252 Å². The van der Waals surface area contributed by atoms with Crippen molar-refractivity contribution in [3.8, 4) is 0 Å². The molecule has 0 heterocycles. The number of esters is 3. The van der Waals surface area contributed by atoms with Crippen molar-refractivity contribution in [3.05, 3.63) is 97.2 Å². The minimum absolute atomic E-state index is 0.0777. The Morgan fingerprint density at radius 2 is 0.582 bits per heavy atom. The number of carbonyl (C=O) groups is 3. The van der Waals surface area contributed by atoms with Crippen LogP contribution < -0.4 is 0 Å². The van der Waals surface area contributed by atoms with E-state index in [0.29, 0.717) is 19.3 Å². The molecule has 0 saturated heterocycles. The van der Waals surface area contributed by atoms with E-state index in [0.717, 1.165) is 116 Å². The zero-order valence-electron chi connectivity index (χ0n) is 43.6. The van der Waals surface area contributed by atoms with E-state index in [1.807, 2.05) is 0 Å². The number of carbonyl (C=O) groups excluding carboxylic acids is 3. The average molecular weight is 931 g/mol. The lowest BCUT2D eigenvalue weighted by atomic mass is 10.1. The highest BCUT2D eigenvalue weighted by molar-refractivity contribution is 5.71. The molecule has 6 nitrogen and oxygen atoms in total. The maximum absolute atomic E-state index is 12.7. The van der Waals surface area contributed by atoms with E-state index >= 15 is 0 Å². The lowest BCUT2D eigenvalue weighted by Gasteiger charge is -2.18. The van der Waals surface area contributed by atoms with Crippen LogP contribution in [0, 0.1) is 0 Å². The Balaban J connectivity index is 4.05. The van der Waals surface area contributed by atoms with E-state index in [-0.39, 0.29) is 31.1 Å². The molecule has 0 aliphatic carbocycles. The van der Waals surface area contributed by atoms with Crippen molar-refractivity contribution >= 4 is 17.9 Å². The van der Waals surface area contributed by atoms with E-state index in [9.17, 15) is 14.4 Å². The quantitative estimate of drug-likeness (QED) is 0.0262. The summed E-state index contributed by atoms with van der Waals surface area (Å²) in [5.74, 6) is -0.898. The van der Waals surface area contributed by atoms with Crippen LogP contribution in [0.15, 0.2) is 97.2 Å². The monoisotopic (exact) mass is 931 g/mol. The largest absolute Gasteiger partial charge is 0.462 e. The topological polar surface area (TPSA) is 78.9 Å². The molecule has 0 rings (SSSR count). The Bertz CT molecular complexity index is 1350. The zero-order chi connectivity index (χ0) is 48.6. The molecule has 0 amide bonds. The van der Waals surface area contributed by atoms with Gasteiger partial charge in [-0.1, -0.05) is 246 Å². The van der Waals surface area contributed by atoms with E-state index in [4.69, 9.17) is 14.2 Å². The van der Waals surface area contributed by atoms with Gasteiger partial charge < -0.3 is 14.2 Å². The Morgan fingerprint density at radius 1 is 0.313 bits per heavy atom. The Morgan fingerprint density at radius 3 is 0.910 bits per heavy atom. The molecule has 382 valence electrons. The van der Waals surface area contributed by atoms with Crippen LogP contribution in [0.4, 0.5) is 0 Å². The second-order valence-corrected chi connectivity index (χ2v) is 18.1. The predicted octanol–water partition coefficient (Wildman–Crippen LogP) is 18.5. The van der Waals surface area contributed by atoms with Crippen LogP contribution >= 0.6 is 0 Å². The van der Waals surface area contributed by atoms with Crippen molar-refractivity contribution in [1.82, 2.24) is 0 Å². The lowest BCUT2D eigenvalue weighted by molar-refractivity contribution is -0.167. The molecule has 67 heavy (non-hydrogen) atoms. The predicted molar refractivity (Wildman–Crippen MR) is 288 cm³/mol. The number of ether oxygens (including phenoxy) is 3. The third-order valence-electron chi connectivity index (χ3n) is 11.6. The molecular weight excluding hydrogens is 829 g/mol. The van der Waals surface area contributed by atoms with Gasteiger partial charge in [0.05, 0.1) is 0 Å². The molecule has 1 atom stereocenters. The molecule has 0 N–H and O–H groups in total. The highest BCUT2D eigenvalue weighted by atomic mass is 16.6. The maximum Gasteiger partial charge on any atom is 0.306 e. The molecule has 0 aromatic carbocycles. The fraction of sp³-hybridized carbons (Fsp3) is 0.689. The first-order valence-electron chi connectivity index (χ1n) is 27.7. The van der Waals surface area contributed by atoms with Gasteiger partial charge in [0.2, 0.25) is 0 Å². The molecule has 1 unspecified atom stereocenters. The molecule has 0 aromatic heterocycles. The summed E-state index contributed by atoms with van der Waals surface area (Å²) in [5, 5.41) is 0. The van der Waals surface area contributed by atoms with Crippen LogP contribution in [0.5, 0.6) is 0 Å². The highest BCUT2D eigenvalue weighted by Gasteiger charge is 2.19. The van der Waals surface area contributed by atoms with Crippen molar-refractivity contribution in [1.29, 1.82) is 0 Å². The lowest BCUT2D eigenvalue weighted by Crippen LogP contribution is -2.30. The first kappa shape index (κ1) is 63.3. The first-order chi connectivity index (χ1) is 33.0. The summed E-state index contributed by atoms with van der Waals surface area (Å²) in [6, 6.07) is 0. The third kappa shape index (κ3) is 53.2. The molecule has 0 aliphatic rings. The fourth-order valence-corrected chi connectivity index (χ4v) is 7.46. The van der Waals surface area contributed by atoms with Crippen LogP contribution in [0.25, 0.3) is 0 Å². The van der Waals surface area contributed by atoms with Gasteiger partial charge in [-0.15, -0.1) is 0 Å². The van der Waals surface area contributed by atoms with Gasteiger partial charge in [-0.2, -0.15) is 0 Å². The number of unbranched alkanes of at least 4 members (excludes halogenated alkanes) is 22. The summed E-state index contributed by atoms with van der Waals surface area (Å²) in [5.41, 5.74) is 0. The smallest absolute Gasteiger partial charge is 0.306 e. The maximum atomic E-state index is 12.7. The van der Waals surface area contributed by atoms with Gasteiger partial charge in [0.25, 0.3) is 0 Å². The van der Waals surface area contributed by atoms with Gasteiger partial charge in [-0.3, -0.25) is 14.4 Å². The van der Waals surface area contributed by atoms with Crippen molar-refractivity contribution in [3.63, 3.8) is 0 Å². The van der Waals surface area contributed by atoms with Crippen molar-refractivity contribution in [2.24, 2.45) is 0 Å². The number of rotatable bonds is 49. The summed E-state index contributed by atoms with van der Waals surface area (Å²) >= 11 is 0. The molecule has 0 saturated carbocycles. The van der Waals surface area contributed by atoms with Gasteiger partial charge >= 0.3 is 17.9 Å². The standard InChI is InChI=1S/C61H102O6/c1-4-7-10-13-16-18-20-21-22-23-24-25-26-27-28-29-30-31-32-33-34-35-36-37-38-39-40-41-42-44-45-48-51-54-60(63)66-57-58(56-65-59(62)53-50-47-15-12-9-6-3)67-61(64)55-52-49-46-43-19-17-14-11-8-5-2/h7,10,16,18,21-22,24-25,27-28,30-31,33-34,36-37,58H,4-6,8-9,11-15,17,19-20,23,26,29,32,35,38-57H2,1-3H3/b10-7-,18-16-,22-21-,25-24-,28-27-,31-30-,34-33-,37-36-. The molecule has 0 spiro atoms. The molecule has 6 heteroatoms. The van der Waals surface area contributed by atoms with Crippen molar-refractivity contribution < 1.29 is 28.6 Å². The van der Waals surface area contributed by atoms with Crippen LogP contribution in [-0.2, 0) is 28.6 Å². The molecule has 0 aliphatic heterocycles. The SMILES string of the molecule is CC/C=C\C/C=C\C/C=C\C/C=C\C/C=C\C/C=C\C/C=C\C/C=C\CCCCCCCCCCC(=O)OCC(COC(=O)CCCCCCCC)OC(=O)CCCCCCCCCCCC. The minimum atomic E-state index is -0.773. The van der Waals surface area contributed by atoms with E-state index < -0.39 is 6.10 Å². The molecule has 0 bridgehead atoms. The Labute approximate surface area is 413 Å². The minimum Gasteiger partial charge on any atom is -0.462 e. The average Bonchev–Trinajstić information content (AvgIpc) is 3.33. The summed E-state index contributed by atoms with van der Waals surface area (Å²) < 4.78 is 16.7. The van der Waals surface area contributed by atoms with Gasteiger partial charge in [0.1, 0.15) is 13.2 Å². The summed E-state index contributed by atoms with van der Waals surface area (Å²) in [4.78, 5) is 37.7. The third-order valence-corrected chi connectivity index (χ3v) is 11.6. The number of hydrogen-bond donors (Lipinski definition) is 0. The number of allylic oxidation sites excluding steroid dienone is 16. The van der Waals surface area contributed by atoms with E-state index in [2.05, 4.69) is 118 Å². The first-order valence-corrected chi connectivity index (χ1v) is 27.7.